The molecule has 2 rings (SSSR count). The first-order chi connectivity index (χ1) is 6.24. The summed E-state index contributed by atoms with van der Waals surface area (Å²) in [4.78, 5) is 2.43. The van der Waals surface area contributed by atoms with Crippen molar-refractivity contribution >= 4 is 0 Å². The molecule has 2 heteroatoms. The summed E-state index contributed by atoms with van der Waals surface area (Å²) >= 11 is 0. The van der Waals surface area contributed by atoms with Crippen LogP contribution in [0.25, 0.3) is 0 Å². The van der Waals surface area contributed by atoms with Crippen LogP contribution >= 0.6 is 0 Å². The molecule has 0 aromatic carbocycles. The topological polar surface area (TPSA) is 15.3 Å². The molecule has 0 radical (unpaired) electrons. The molecule has 76 valence electrons. The minimum absolute atomic E-state index is 0.814. The Morgan fingerprint density at radius 2 is 1.69 bits per heavy atom. The molecule has 2 nitrogen and oxygen atoms in total. The van der Waals surface area contributed by atoms with E-state index in [1.165, 1.54) is 38.8 Å². The van der Waals surface area contributed by atoms with Crippen molar-refractivity contribution < 1.29 is 0 Å². The highest BCUT2D eigenvalue weighted by molar-refractivity contribution is 4.87. The van der Waals surface area contributed by atoms with Gasteiger partial charge in [-0.05, 0) is 51.7 Å². The summed E-state index contributed by atoms with van der Waals surface area (Å²) in [7, 11) is 2.22. The number of likely N-dealkylation sites (tertiary alicyclic amines) is 1. The van der Waals surface area contributed by atoms with Crippen molar-refractivity contribution in [3.8, 4) is 0 Å². The van der Waals surface area contributed by atoms with Crippen molar-refractivity contribution in [2.45, 2.75) is 44.7 Å². The highest BCUT2D eigenvalue weighted by Gasteiger charge is 2.28. The molecule has 1 aliphatic carbocycles. The number of hydrogen-bond donors (Lipinski definition) is 1. The summed E-state index contributed by atoms with van der Waals surface area (Å²) in [5.41, 5.74) is 0. The van der Waals surface area contributed by atoms with Crippen LogP contribution in [0.5, 0.6) is 0 Å². The second kappa shape index (κ2) is 3.97. The second-order valence-corrected chi connectivity index (χ2v) is 5.02. The first-order valence-electron chi connectivity index (χ1n) is 5.68. The average molecular weight is 182 g/mol. The standard InChI is InChI=1S/C11H22N2/c1-9-7-11(8-9)12-10-3-5-13(2)6-4-10/h9-12H,3-8H2,1-2H3. The van der Waals surface area contributed by atoms with Crippen LogP contribution in [0, 0.1) is 5.92 Å². The van der Waals surface area contributed by atoms with E-state index in [4.69, 9.17) is 0 Å². The van der Waals surface area contributed by atoms with Gasteiger partial charge in [-0.25, -0.2) is 0 Å². The zero-order valence-corrected chi connectivity index (χ0v) is 8.92. The molecule has 2 fully saturated rings. The molecule has 0 amide bonds. The number of hydrogen-bond acceptors (Lipinski definition) is 2. The lowest BCUT2D eigenvalue weighted by molar-refractivity contribution is 0.175. The van der Waals surface area contributed by atoms with Gasteiger partial charge in [0.2, 0.25) is 0 Å². The van der Waals surface area contributed by atoms with Crippen LogP contribution in [0.1, 0.15) is 32.6 Å². The molecule has 0 atom stereocenters. The van der Waals surface area contributed by atoms with E-state index in [-0.39, 0.29) is 0 Å². The molecule has 1 saturated carbocycles. The molecule has 1 aliphatic heterocycles. The van der Waals surface area contributed by atoms with Gasteiger partial charge >= 0.3 is 0 Å². The predicted octanol–water partition coefficient (Wildman–Crippen LogP) is 1.47. The Hall–Kier alpha value is -0.0800. The number of nitrogens with zero attached hydrogens (tertiary/aromatic N) is 1. The second-order valence-electron chi connectivity index (χ2n) is 5.02. The zero-order valence-electron chi connectivity index (χ0n) is 8.92. The molecule has 0 spiro atoms. The van der Waals surface area contributed by atoms with Gasteiger partial charge in [-0.2, -0.15) is 0 Å². The number of rotatable bonds is 2. The fraction of sp³-hybridized carbons (Fsp3) is 1.00. The summed E-state index contributed by atoms with van der Waals surface area (Å²) in [5.74, 6) is 0.976. The van der Waals surface area contributed by atoms with Crippen LogP contribution in [0.15, 0.2) is 0 Å². The average Bonchev–Trinajstić information content (AvgIpc) is 2.06. The van der Waals surface area contributed by atoms with Gasteiger partial charge in [0, 0.05) is 12.1 Å². The van der Waals surface area contributed by atoms with E-state index in [2.05, 4.69) is 24.2 Å². The SMILES string of the molecule is CC1CC(NC2CCN(C)CC2)C1. The Labute approximate surface area is 81.7 Å². The maximum absolute atomic E-state index is 3.78. The van der Waals surface area contributed by atoms with E-state index in [0.717, 1.165) is 18.0 Å². The van der Waals surface area contributed by atoms with Crippen LogP contribution in [-0.2, 0) is 0 Å². The Bertz CT molecular complexity index is 155. The molecule has 13 heavy (non-hydrogen) atoms. The fourth-order valence-electron chi connectivity index (χ4n) is 2.55. The fourth-order valence-corrected chi connectivity index (χ4v) is 2.55. The van der Waals surface area contributed by atoms with E-state index < -0.39 is 0 Å². The lowest BCUT2D eigenvalue weighted by Gasteiger charge is -2.39. The van der Waals surface area contributed by atoms with Gasteiger partial charge in [-0.1, -0.05) is 6.92 Å². The molecular formula is C11H22N2. The minimum atomic E-state index is 0.814. The van der Waals surface area contributed by atoms with Crippen LogP contribution in [0.3, 0.4) is 0 Å². The number of piperidine rings is 1. The number of nitrogens with one attached hydrogen (secondary N) is 1. The Kier molecular flexibility index (Phi) is 2.89. The van der Waals surface area contributed by atoms with Crippen molar-refractivity contribution in [1.82, 2.24) is 10.2 Å². The maximum Gasteiger partial charge on any atom is 0.00940 e. The molecule has 0 unspecified atom stereocenters. The van der Waals surface area contributed by atoms with E-state index in [9.17, 15) is 0 Å². The highest BCUT2D eigenvalue weighted by Crippen LogP contribution is 2.27. The first kappa shape index (κ1) is 9.47. The van der Waals surface area contributed by atoms with Gasteiger partial charge in [0.15, 0.2) is 0 Å². The first-order valence-corrected chi connectivity index (χ1v) is 5.68. The van der Waals surface area contributed by atoms with E-state index in [0.29, 0.717) is 0 Å². The molecule has 0 aromatic heterocycles. The van der Waals surface area contributed by atoms with E-state index in [1.54, 1.807) is 0 Å². The van der Waals surface area contributed by atoms with Gasteiger partial charge in [-0.3, -0.25) is 0 Å². The van der Waals surface area contributed by atoms with Crippen molar-refractivity contribution in [1.29, 1.82) is 0 Å². The molecule has 1 heterocycles. The van der Waals surface area contributed by atoms with Gasteiger partial charge in [0.1, 0.15) is 0 Å². The van der Waals surface area contributed by atoms with Gasteiger partial charge in [0.25, 0.3) is 0 Å². The normalized spacial score (nSPS) is 37.4. The summed E-state index contributed by atoms with van der Waals surface area (Å²) < 4.78 is 0. The Balaban J connectivity index is 1.65. The van der Waals surface area contributed by atoms with Crippen molar-refractivity contribution in [2.75, 3.05) is 20.1 Å². The lowest BCUT2D eigenvalue weighted by atomic mass is 9.81. The third kappa shape index (κ3) is 2.44. The Morgan fingerprint density at radius 3 is 2.23 bits per heavy atom. The minimum Gasteiger partial charge on any atom is -0.311 e. The third-order valence-corrected chi connectivity index (χ3v) is 3.56. The van der Waals surface area contributed by atoms with Gasteiger partial charge < -0.3 is 10.2 Å². The van der Waals surface area contributed by atoms with E-state index >= 15 is 0 Å². The maximum atomic E-state index is 3.78. The van der Waals surface area contributed by atoms with Crippen LogP contribution < -0.4 is 5.32 Å². The largest absolute Gasteiger partial charge is 0.311 e. The van der Waals surface area contributed by atoms with Crippen molar-refractivity contribution in [2.24, 2.45) is 5.92 Å². The van der Waals surface area contributed by atoms with Crippen LogP contribution in [0.2, 0.25) is 0 Å². The van der Waals surface area contributed by atoms with Gasteiger partial charge in [-0.15, -0.1) is 0 Å². The van der Waals surface area contributed by atoms with Gasteiger partial charge in [0.05, 0.1) is 0 Å². The lowest BCUT2D eigenvalue weighted by Crippen LogP contribution is -2.49. The molecular weight excluding hydrogens is 160 g/mol. The third-order valence-electron chi connectivity index (χ3n) is 3.56. The quantitative estimate of drug-likeness (QED) is 0.695. The Morgan fingerprint density at radius 1 is 1.08 bits per heavy atom. The van der Waals surface area contributed by atoms with Crippen LogP contribution in [0.4, 0.5) is 0 Å². The van der Waals surface area contributed by atoms with Crippen molar-refractivity contribution in [3.63, 3.8) is 0 Å². The summed E-state index contributed by atoms with van der Waals surface area (Å²) in [6.45, 7) is 4.91. The monoisotopic (exact) mass is 182 g/mol. The molecule has 0 aromatic rings. The van der Waals surface area contributed by atoms with Crippen molar-refractivity contribution in [3.05, 3.63) is 0 Å². The summed E-state index contributed by atoms with van der Waals surface area (Å²) in [5, 5.41) is 3.78. The molecule has 0 bridgehead atoms. The van der Waals surface area contributed by atoms with E-state index in [1.807, 2.05) is 0 Å². The zero-order chi connectivity index (χ0) is 9.26. The molecule has 2 aliphatic rings. The molecule has 1 saturated heterocycles. The highest BCUT2D eigenvalue weighted by atomic mass is 15.1. The smallest absolute Gasteiger partial charge is 0.00940 e. The summed E-state index contributed by atoms with van der Waals surface area (Å²) in [6, 6.07) is 1.66. The molecule has 1 N–H and O–H groups in total. The predicted molar refractivity (Wildman–Crippen MR) is 55.8 cm³/mol. The summed E-state index contributed by atoms with van der Waals surface area (Å²) in [6.07, 6.45) is 5.52. The van der Waals surface area contributed by atoms with Crippen LogP contribution in [-0.4, -0.2) is 37.1 Å².